The molecule has 40 heavy (non-hydrogen) atoms. The van der Waals surface area contributed by atoms with Gasteiger partial charge in [-0.05, 0) is 35.4 Å². The maximum atomic E-state index is 10.3. The predicted octanol–water partition coefficient (Wildman–Crippen LogP) is 4.55. The van der Waals surface area contributed by atoms with Crippen LogP contribution in [0.1, 0.15) is 11.1 Å². The van der Waals surface area contributed by atoms with E-state index in [1.54, 1.807) is 13.2 Å². The van der Waals surface area contributed by atoms with Crippen molar-refractivity contribution in [2.24, 2.45) is 0 Å². The van der Waals surface area contributed by atoms with Crippen LogP contribution in [0.3, 0.4) is 0 Å². The lowest BCUT2D eigenvalue weighted by molar-refractivity contribution is -0.324. The van der Waals surface area contributed by atoms with Gasteiger partial charge in [0.15, 0.2) is 6.29 Å². The van der Waals surface area contributed by atoms with Crippen molar-refractivity contribution in [3.63, 3.8) is 0 Å². The van der Waals surface area contributed by atoms with Crippen LogP contribution in [0.15, 0.2) is 97.6 Å². The molecule has 214 valence electrons. The van der Waals surface area contributed by atoms with E-state index < -0.39 is 30.7 Å². The van der Waals surface area contributed by atoms with Crippen LogP contribution in [-0.2, 0) is 36.9 Å². The van der Waals surface area contributed by atoms with Crippen LogP contribution in [0, 0.1) is 0 Å². The van der Waals surface area contributed by atoms with E-state index in [4.69, 9.17) is 33.2 Å². The van der Waals surface area contributed by atoms with Gasteiger partial charge in [0.05, 0.1) is 40.1 Å². The molecule has 8 nitrogen and oxygen atoms in total. The maximum absolute atomic E-state index is 10.3. The molecule has 4 rings (SSSR count). The first kappa shape index (κ1) is 29.7. The molecule has 0 aromatic heterocycles. The highest BCUT2D eigenvalue weighted by Crippen LogP contribution is 2.30. The third kappa shape index (κ3) is 8.63. The molecule has 1 N–H and O–H groups in total. The van der Waals surface area contributed by atoms with E-state index in [9.17, 15) is 5.11 Å². The summed E-state index contributed by atoms with van der Waals surface area (Å²) in [5, 5.41) is 10.3. The SMILES string of the molecule is C=CCO[C@H]1[C@H](OCCOc2ccc(OC)cc2)O[C@H](CO)[C@@H](OCc2ccccc2)[C@@H]1OCc1ccccc1. The number of ether oxygens (including phenoxy) is 7. The van der Waals surface area contributed by atoms with Crippen molar-refractivity contribution in [2.75, 3.05) is 33.5 Å². The lowest BCUT2D eigenvalue weighted by Gasteiger charge is -2.45. The quantitative estimate of drug-likeness (QED) is 0.205. The summed E-state index contributed by atoms with van der Waals surface area (Å²) >= 11 is 0. The van der Waals surface area contributed by atoms with Crippen molar-refractivity contribution in [1.82, 2.24) is 0 Å². The summed E-state index contributed by atoms with van der Waals surface area (Å²) in [4.78, 5) is 0. The van der Waals surface area contributed by atoms with E-state index in [0.717, 1.165) is 16.9 Å². The number of aliphatic hydroxyl groups is 1. The van der Waals surface area contributed by atoms with Gasteiger partial charge in [-0.2, -0.15) is 0 Å². The van der Waals surface area contributed by atoms with Gasteiger partial charge in [-0.25, -0.2) is 0 Å². The summed E-state index contributed by atoms with van der Waals surface area (Å²) in [6.45, 7) is 4.94. The molecule has 0 radical (unpaired) electrons. The minimum atomic E-state index is -0.825. The van der Waals surface area contributed by atoms with E-state index in [1.165, 1.54) is 0 Å². The Balaban J connectivity index is 1.47. The second kappa shape index (κ2) is 16.1. The number of benzene rings is 3. The lowest BCUT2D eigenvalue weighted by Crippen LogP contribution is -2.61. The average molecular weight is 551 g/mol. The van der Waals surface area contributed by atoms with Gasteiger partial charge in [0.25, 0.3) is 0 Å². The van der Waals surface area contributed by atoms with Crippen molar-refractivity contribution in [3.8, 4) is 11.5 Å². The van der Waals surface area contributed by atoms with E-state index in [1.807, 2.05) is 84.9 Å². The zero-order chi connectivity index (χ0) is 28.0. The summed E-state index contributed by atoms with van der Waals surface area (Å²) in [6.07, 6.45) is -1.71. The largest absolute Gasteiger partial charge is 0.497 e. The third-order valence-corrected chi connectivity index (χ3v) is 6.44. The Hall–Kier alpha value is -3.24. The highest BCUT2D eigenvalue weighted by molar-refractivity contribution is 5.31. The van der Waals surface area contributed by atoms with Crippen molar-refractivity contribution in [3.05, 3.63) is 109 Å². The Bertz CT molecular complexity index is 1110. The molecule has 3 aromatic carbocycles. The summed E-state index contributed by atoms with van der Waals surface area (Å²) in [5.74, 6) is 1.45. The van der Waals surface area contributed by atoms with Crippen molar-refractivity contribution < 1.29 is 38.3 Å². The van der Waals surface area contributed by atoms with Crippen LogP contribution in [-0.4, -0.2) is 69.3 Å². The van der Waals surface area contributed by atoms with Crippen LogP contribution in [0.2, 0.25) is 0 Å². The first-order chi connectivity index (χ1) is 19.7. The molecule has 1 heterocycles. The fourth-order valence-electron chi connectivity index (χ4n) is 4.44. The molecule has 1 aliphatic heterocycles. The smallest absolute Gasteiger partial charge is 0.187 e. The fourth-order valence-corrected chi connectivity index (χ4v) is 4.44. The molecule has 8 heteroatoms. The normalized spacial score (nSPS) is 22.5. The fraction of sp³-hybridized carbons (Fsp3) is 0.375. The highest BCUT2D eigenvalue weighted by atomic mass is 16.7. The van der Waals surface area contributed by atoms with Crippen LogP contribution >= 0.6 is 0 Å². The van der Waals surface area contributed by atoms with E-state index in [2.05, 4.69) is 6.58 Å². The molecule has 3 aromatic rings. The summed E-state index contributed by atoms with van der Waals surface area (Å²) in [5.41, 5.74) is 2.00. The first-order valence-electron chi connectivity index (χ1n) is 13.4. The third-order valence-electron chi connectivity index (χ3n) is 6.44. The number of aliphatic hydroxyl groups excluding tert-OH is 1. The monoisotopic (exact) mass is 550 g/mol. The zero-order valence-electron chi connectivity index (χ0n) is 22.8. The van der Waals surface area contributed by atoms with E-state index >= 15 is 0 Å². The average Bonchev–Trinajstić information content (AvgIpc) is 3.01. The van der Waals surface area contributed by atoms with Gasteiger partial charge >= 0.3 is 0 Å². The minimum absolute atomic E-state index is 0.226. The molecular formula is C32H38O8. The highest BCUT2D eigenvalue weighted by Gasteiger charge is 2.48. The standard InChI is InChI=1S/C32H38O8/c1-3-18-36-31-30(39-23-25-12-8-5-9-13-25)29(38-22-24-10-6-4-7-11-24)28(21-33)40-32(31)37-20-19-35-27-16-14-26(34-2)15-17-27/h3-17,28-33H,1,18-23H2,2H3/t28-,29-,30+,31-,32-/m1/s1. The van der Waals surface area contributed by atoms with Gasteiger partial charge in [0.2, 0.25) is 0 Å². The predicted molar refractivity (Wildman–Crippen MR) is 150 cm³/mol. The number of rotatable bonds is 16. The molecule has 0 unspecified atom stereocenters. The summed E-state index contributed by atoms with van der Waals surface area (Å²) in [7, 11) is 1.62. The molecule has 1 aliphatic rings. The van der Waals surface area contributed by atoms with Crippen LogP contribution < -0.4 is 9.47 Å². The molecular weight excluding hydrogens is 512 g/mol. The topological polar surface area (TPSA) is 84.8 Å². The second-order valence-corrected chi connectivity index (χ2v) is 9.23. The molecule has 0 amide bonds. The summed E-state index contributed by atoms with van der Waals surface area (Å²) < 4.78 is 42.2. The zero-order valence-corrected chi connectivity index (χ0v) is 22.8. The Morgan fingerprint density at radius 2 is 1.32 bits per heavy atom. The Kier molecular flexibility index (Phi) is 12.0. The minimum Gasteiger partial charge on any atom is -0.497 e. The maximum Gasteiger partial charge on any atom is 0.187 e. The van der Waals surface area contributed by atoms with Crippen molar-refractivity contribution in [2.45, 2.75) is 43.9 Å². The lowest BCUT2D eigenvalue weighted by atomic mass is 9.98. The number of methoxy groups -OCH3 is 1. The van der Waals surface area contributed by atoms with Crippen molar-refractivity contribution >= 4 is 0 Å². The molecule has 0 aliphatic carbocycles. The van der Waals surface area contributed by atoms with Gasteiger partial charge in [-0.1, -0.05) is 66.7 Å². The Morgan fingerprint density at radius 1 is 0.725 bits per heavy atom. The van der Waals surface area contributed by atoms with E-state index in [0.29, 0.717) is 19.0 Å². The number of hydrogen-bond donors (Lipinski definition) is 1. The first-order valence-corrected chi connectivity index (χ1v) is 13.4. The van der Waals surface area contributed by atoms with Gasteiger partial charge in [0.1, 0.15) is 42.5 Å². The van der Waals surface area contributed by atoms with Gasteiger partial charge < -0.3 is 38.3 Å². The Labute approximate surface area is 236 Å². The molecule has 5 atom stereocenters. The van der Waals surface area contributed by atoms with Crippen LogP contribution in [0.5, 0.6) is 11.5 Å². The number of hydrogen-bond acceptors (Lipinski definition) is 8. The van der Waals surface area contributed by atoms with Crippen LogP contribution in [0.25, 0.3) is 0 Å². The Morgan fingerprint density at radius 3 is 1.90 bits per heavy atom. The van der Waals surface area contributed by atoms with E-state index in [-0.39, 0.29) is 26.4 Å². The van der Waals surface area contributed by atoms with Crippen LogP contribution in [0.4, 0.5) is 0 Å². The summed E-state index contributed by atoms with van der Waals surface area (Å²) in [6, 6.07) is 27.0. The van der Waals surface area contributed by atoms with Gasteiger partial charge in [0, 0.05) is 0 Å². The second-order valence-electron chi connectivity index (χ2n) is 9.23. The molecule has 1 saturated heterocycles. The molecule has 0 saturated carbocycles. The van der Waals surface area contributed by atoms with Crippen molar-refractivity contribution in [1.29, 1.82) is 0 Å². The molecule has 0 bridgehead atoms. The van der Waals surface area contributed by atoms with Gasteiger partial charge in [-0.15, -0.1) is 6.58 Å². The molecule has 0 spiro atoms. The molecule has 1 fully saturated rings. The van der Waals surface area contributed by atoms with Gasteiger partial charge in [-0.3, -0.25) is 0 Å².